The third kappa shape index (κ3) is 4.49. The van der Waals surface area contributed by atoms with Gasteiger partial charge in [0, 0.05) is 36.8 Å². The molecule has 9 nitrogen and oxygen atoms in total. The van der Waals surface area contributed by atoms with E-state index in [0.29, 0.717) is 36.1 Å². The number of carbonyl (C=O) groups excluding carboxylic acids is 1. The topological polar surface area (TPSA) is 118 Å². The number of ether oxygens (including phenoxy) is 1. The Kier molecular flexibility index (Phi) is 6.58. The van der Waals surface area contributed by atoms with Crippen molar-refractivity contribution in [3.05, 3.63) is 42.0 Å². The number of nitrogens with two attached hydrogens (primary N) is 1. The highest BCUT2D eigenvalue weighted by molar-refractivity contribution is 7.87. The van der Waals surface area contributed by atoms with Crippen LogP contribution in [0.15, 0.2) is 36.4 Å². The van der Waals surface area contributed by atoms with Crippen molar-refractivity contribution in [3.63, 3.8) is 0 Å². The molecule has 1 unspecified atom stereocenters. The van der Waals surface area contributed by atoms with Crippen molar-refractivity contribution < 1.29 is 17.9 Å². The van der Waals surface area contributed by atoms with E-state index < -0.39 is 16.1 Å². The molecule has 2 atom stereocenters. The number of aromatic nitrogens is 1. The van der Waals surface area contributed by atoms with Crippen LogP contribution in [0.4, 0.5) is 5.82 Å². The molecule has 3 heterocycles. The second kappa shape index (κ2) is 9.16. The number of pyridine rings is 1. The summed E-state index contributed by atoms with van der Waals surface area (Å²) >= 11 is 0. The van der Waals surface area contributed by atoms with Crippen molar-refractivity contribution >= 4 is 21.9 Å². The molecular formula is C24H33N5O4S. The molecule has 0 bridgehead atoms. The Labute approximate surface area is 201 Å². The lowest BCUT2D eigenvalue weighted by Gasteiger charge is -2.36. The Hall–Kier alpha value is -2.69. The lowest BCUT2D eigenvalue weighted by atomic mass is 9.90. The highest BCUT2D eigenvalue weighted by Gasteiger charge is 2.41. The van der Waals surface area contributed by atoms with Crippen molar-refractivity contribution in [2.24, 2.45) is 11.7 Å². The molecule has 0 aliphatic carbocycles. The van der Waals surface area contributed by atoms with E-state index >= 15 is 0 Å². The van der Waals surface area contributed by atoms with E-state index in [1.807, 2.05) is 24.3 Å². The van der Waals surface area contributed by atoms with E-state index in [9.17, 15) is 13.2 Å². The molecule has 184 valence electrons. The number of carbonyl (C=O) groups is 1. The first-order chi connectivity index (χ1) is 16.0. The molecule has 10 heteroatoms. The van der Waals surface area contributed by atoms with Gasteiger partial charge in [-0.15, -0.1) is 0 Å². The molecule has 2 saturated heterocycles. The molecule has 2 fully saturated rings. The van der Waals surface area contributed by atoms with Gasteiger partial charge < -0.3 is 15.4 Å². The zero-order chi connectivity index (χ0) is 24.7. The smallest absolute Gasteiger partial charge is 0.304 e. The van der Waals surface area contributed by atoms with E-state index in [4.69, 9.17) is 15.5 Å². The first kappa shape index (κ1) is 24.4. The standard InChI is InChI=1S/C24H33N5O4S/c1-16-11-14-29(24(16,2)3)22-19(23(30)27-34(31,32)28-13-12-17(25)15-28)9-10-20(26-22)18-7-5-6-8-21(18)33-4/h5-10,16-17H,11-15,25H2,1-4H3,(H,27,30)/t16?,17-/m0/s1. The molecule has 2 aliphatic heterocycles. The predicted octanol–water partition coefficient (Wildman–Crippen LogP) is 2.39. The second-order valence-electron chi connectivity index (χ2n) is 9.61. The van der Waals surface area contributed by atoms with Gasteiger partial charge in [-0.2, -0.15) is 12.7 Å². The lowest BCUT2D eigenvalue weighted by molar-refractivity contribution is 0.0979. The monoisotopic (exact) mass is 487 g/mol. The predicted molar refractivity (Wildman–Crippen MR) is 132 cm³/mol. The number of rotatable bonds is 6. The first-order valence-corrected chi connectivity index (χ1v) is 13.0. The first-order valence-electron chi connectivity index (χ1n) is 11.5. The highest BCUT2D eigenvalue weighted by atomic mass is 32.2. The maximum Gasteiger partial charge on any atom is 0.304 e. The Morgan fingerprint density at radius 3 is 2.53 bits per heavy atom. The summed E-state index contributed by atoms with van der Waals surface area (Å²) in [5, 5.41) is 0. The van der Waals surface area contributed by atoms with E-state index in [-0.39, 0.29) is 30.2 Å². The fraction of sp³-hybridized carbons (Fsp3) is 0.500. The Balaban J connectivity index is 1.75. The molecule has 34 heavy (non-hydrogen) atoms. The number of nitrogens with one attached hydrogen (secondary N) is 1. The summed E-state index contributed by atoms with van der Waals surface area (Å²) in [5.74, 6) is 0.795. The van der Waals surface area contributed by atoms with Gasteiger partial charge in [0.25, 0.3) is 5.91 Å². The van der Waals surface area contributed by atoms with Crippen molar-refractivity contribution in [3.8, 4) is 17.0 Å². The SMILES string of the molecule is COc1ccccc1-c1ccc(C(=O)NS(=O)(=O)N2CC[C@H](N)C2)c(N2CCC(C)C2(C)C)n1. The van der Waals surface area contributed by atoms with Gasteiger partial charge in [0.05, 0.1) is 18.4 Å². The summed E-state index contributed by atoms with van der Waals surface area (Å²) in [7, 11) is -2.41. The summed E-state index contributed by atoms with van der Waals surface area (Å²) in [4.78, 5) is 20.3. The third-order valence-corrected chi connectivity index (χ3v) is 8.65. The summed E-state index contributed by atoms with van der Waals surface area (Å²) in [6.07, 6.45) is 1.51. The van der Waals surface area contributed by atoms with Gasteiger partial charge in [-0.05, 0) is 56.9 Å². The maximum atomic E-state index is 13.3. The number of anilines is 1. The van der Waals surface area contributed by atoms with Gasteiger partial charge in [0.1, 0.15) is 11.6 Å². The minimum absolute atomic E-state index is 0.192. The molecule has 1 aromatic heterocycles. The van der Waals surface area contributed by atoms with Gasteiger partial charge in [-0.25, -0.2) is 9.71 Å². The zero-order valence-corrected chi connectivity index (χ0v) is 20.9. The molecule has 0 spiro atoms. The number of para-hydroxylation sites is 1. The lowest BCUT2D eigenvalue weighted by Crippen LogP contribution is -2.45. The number of amides is 1. The van der Waals surface area contributed by atoms with Crippen LogP contribution in [0.3, 0.4) is 0 Å². The molecule has 2 aromatic rings. The maximum absolute atomic E-state index is 13.3. The molecule has 1 aromatic carbocycles. The van der Waals surface area contributed by atoms with E-state index in [2.05, 4.69) is 30.4 Å². The molecule has 0 radical (unpaired) electrons. The highest BCUT2D eigenvalue weighted by Crippen LogP contribution is 2.40. The number of methoxy groups -OCH3 is 1. The Bertz CT molecular complexity index is 1180. The summed E-state index contributed by atoms with van der Waals surface area (Å²) in [5.41, 5.74) is 7.26. The molecule has 0 saturated carbocycles. The largest absolute Gasteiger partial charge is 0.496 e. The van der Waals surface area contributed by atoms with Crippen LogP contribution in [0.2, 0.25) is 0 Å². The van der Waals surface area contributed by atoms with Crippen molar-refractivity contribution in [2.45, 2.75) is 45.2 Å². The van der Waals surface area contributed by atoms with Crippen LogP contribution in [-0.4, -0.2) is 61.9 Å². The van der Waals surface area contributed by atoms with Gasteiger partial charge in [-0.1, -0.05) is 19.1 Å². The van der Waals surface area contributed by atoms with Gasteiger partial charge in [-0.3, -0.25) is 4.79 Å². The number of nitrogens with zero attached hydrogens (tertiary/aromatic N) is 3. The van der Waals surface area contributed by atoms with Crippen LogP contribution >= 0.6 is 0 Å². The fourth-order valence-electron chi connectivity index (χ4n) is 4.66. The average molecular weight is 488 g/mol. The minimum atomic E-state index is -4.01. The van der Waals surface area contributed by atoms with Crippen LogP contribution in [0.5, 0.6) is 5.75 Å². The van der Waals surface area contributed by atoms with Crippen LogP contribution in [0, 0.1) is 5.92 Å². The zero-order valence-electron chi connectivity index (χ0n) is 20.1. The summed E-state index contributed by atoms with van der Waals surface area (Å²) in [6.45, 7) is 7.60. The van der Waals surface area contributed by atoms with Gasteiger partial charge >= 0.3 is 10.2 Å². The van der Waals surface area contributed by atoms with E-state index in [0.717, 1.165) is 12.0 Å². The number of hydrogen-bond acceptors (Lipinski definition) is 7. The average Bonchev–Trinajstić information content (AvgIpc) is 3.36. The fourth-order valence-corrected chi connectivity index (χ4v) is 5.86. The van der Waals surface area contributed by atoms with Crippen molar-refractivity contribution in [1.82, 2.24) is 14.0 Å². The summed E-state index contributed by atoms with van der Waals surface area (Å²) in [6, 6.07) is 10.7. The summed E-state index contributed by atoms with van der Waals surface area (Å²) < 4.78 is 34.6. The molecule has 3 N–H and O–H groups in total. The molecule has 2 aliphatic rings. The Morgan fingerprint density at radius 2 is 1.91 bits per heavy atom. The minimum Gasteiger partial charge on any atom is -0.496 e. The van der Waals surface area contributed by atoms with E-state index in [1.54, 1.807) is 19.2 Å². The van der Waals surface area contributed by atoms with E-state index in [1.165, 1.54) is 4.31 Å². The van der Waals surface area contributed by atoms with Crippen LogP contribution < -0.4 is 20.1 Å². The van der Waals surface area contributed by atoms with Crippen LogP contribution in [-0.2, 0) is 10.2 Å². The molecular weight excluding hydrogens is 454 g/mol. The van der Waals surface area contributed by atoms with Crippen molar-refractivity contribution in [1.29, 1.82) is 0 Å². The Morgan fingerprint density at radius 1 is 1.18 bits per heavy atom. The quantitative estimate of drug-likeness (QED) is 0.642. The van der Waals surface area contributed by atoms with Crippen LogP contribution in [0.1, 0.15) is 44.0 Å². The van der Waals surface area contributed by atoms with Crippen LogP contribution in [0.25, 0.3) is 11.3 Å². The third-order valence-electron chi connectivity index (χ3n) is 7.19. The molecule has 4 rings (SSSR count). The number of hydrogen-bond donors (Lipinski definition) is 2. The normalized spacial score (nSPS) is 22.7. The van der Waals surface area contributed by atoms with Crippen molar-refractivity contribution in [2.75, 3.05) is 31.6 Å². The van der Waals surface area contributed by atoms with Gasteiger partial charge in [0.2, 0.25) is 0 Å². The second-order valence-corrected chi connectivity index (χ2v) is 11.3. The van der Waals surface area contributed by atoms with Gasteiger partial charge in [0.15, 0.2) is 0 Å². The molecule has 1 amide bonds. The number of benzene rings is 1.